The lowest BCUT2D eigenvalue weighted by Gasteiger charge is -2.21. The van der Waals surface area contributed by atoms with E-state index in [9.17, 15) is 43.2 Å². The largest absolute Gasteiger partial charge is 0.472 e. The number of ether oxygens (including phenoxy) is 4. The Hall–Kier alpha value is -1.94. The second-order valence-corrected chi connectivity index (χ2v) is 34.0. The highest BCUT2D eigenvalue weighted by atomic mass is 31.2. The van der Waals surface area contributed by atoms with E-state index in [0.717, 1.165) is 114 Å². The monoisotopic (exact) mass is 1490 g/mol. The Balaban J connectivity index is 5.11. The molecule has 0 aliphatic rings. The van der Waals surface area contributed by atoms with Crippen molar-refractivity contribution in [2.45, 2.75) is 452 Å². The standard InChI is InChI=1S/C83H162O17P2/c1-8-10-11-47-57-64-80(85)93-70-78(99-82(87)66-59-53-46-40-34-28-22-21-24-30-36-42-49-55-62-75(5)6)72-97-101(89,90)95-68-77(84)69-96-102(91,92)98-73-79(71-94-81(86)65-58-51-44-38-32-26-20-16-17-23-29-35-41-48-54-61-74(3)4)100-83(88)67-60-52-45-39-33-27-19-15-13-12-14-18-25-31-37-43-50-56-63-76(7)9-2/h74-79,84H,8-73H2,1-7H3,(H,89,90)(H,91,92)/t76?,77-,78+,79+/m0/s1. The molecule has 606 valence electrons. The maximum absolute atomic E-state index is 13.1. The van der Waals surface area contributed by atoms with Gasteiger partial charge in [0.2, 0.25) is 0 Å². The molecule has 0 heterocycles. The van der Waals surface area contributed by atoms with Crippen LogP contribution in [0.15, 0.2) is 0 Å². The lowest BCUT2D eigenvalue weighted by molar-refractivity contribution is -0.161. The summed E-state index contributed by atoms with van der Waals surface area (Å²) in [5.74, 6) is 0.353. The van der Waals surface area contributed by atoms with E-state index in [0.29, 0.717) is 25.7 Å². The fraction of sp³-hybridized carbons (Fsp3) is 0.952. The highest BCUT2D eigenvalue weighted by molar-refractivity contribution is 7.47. The number of rotatable bonds is 81. The highest BCUT2D eigenvalue weighted by Crippen LogP contribution is 2.45. The van der Waals surface area contributed by atoms with E-state index in [-0.39, 0.29) is 25.7 Å². The molecule has 0 aliphatic heterocycles. The van der Waals surface area contributed by atoms with Gasteiger partial charge in [-0.05, 0) is 43.4 Å². The first-order valence-corrected chi connectivity index (χ1v) is 45.9. The maximum atomic E-state index is 13.1. The quantitative estimate of drug-likeness (QED) is 0.0222. The molecule has 0 aliphatic carbocycles. The summed E-state index contributed by atoms with van der Waals surface area (Å²) >= 11 is 0. The molecule has 3 N–H and O–H groups in total. The van der Waals surface area contributed by atoms with Crippen LogP contribution in [0.2, 0.25) is 0 Å². The number of carbonyl (C=O) groups excluding carboxylic acids is 4. The van der Waals surface area contributed by atoms with Gasteiger partial charge in [0.25, 0.3) is 0 Å². The number of hydrogen-bond acceptors (Lipinski definition) is 15. The summed E-state index contributed by atoms with van der Waals surface area (Å²) in [6, 6.07) is 0. The van der Waals surface area contributed by atoms with E-state index in [1.54, 1.807) is 0 Å². The Labute approximate surface area is 626 Å². The van der Waals surface area contributed by atoms with Gasteiger partial charge in [-0.1, -0.05) is 382 Å². The molecule has 0 spiro atoms. The summed E-state index contributed by atoms with van der Waals surface area (Å²) in [7, 11) is -9.91. The summed E-state index contributed by atoms with van der Waals surface area (Å²) < 4.78 is 68.5. The van der Waals surface area contributed by atoms with Crippen molar-refractivity contribution in [1.29, 1.82) is 0 Å². The lowest BCUT2D eigenvalue weighted by atomic mass is 9.99. The minimum Gasteiger partial charge on any atom is -0.462 e. The van der Waals surface area contributed by atoms with Gasteiger partial charge in [-0.3, -0.25) is 37.3 Å². The van der Waals surface area contributed by atoms with Crippen LogP contribution in [0.1, 0.15) is 434 Å². The second kappa shape index (κ2) is 73.2. The zero-order chi connectivity index (χ0) is 75.1. The molecule has 19 heteroatoms. The van der Waals surface area contributed by atoms with Gasteiger partial charge in [0.15, 0.2) is 12.2 Å². The highest BCUT2D eigenvalue weighted by Gasteiger charge is 2.30. The second-order valence-electron chi connectivity index (χ2n) is 31.1. The number of carbonyl (C=O) groups is 4. The molecule has 0 rings (SSSR count). The van der Waals surface area contributed by atoms with E-state index in [2.05, 4.69) is 48.5 Å². The first-order chi connectivity index (χ1) is 49.3. The molecule has 0 radical (unpaired) electrons. The van der Waals surface area contributed by atoms with Crippen molar-refractivity contribution in [1.82, 2.24) is 0 Å². The van der Waals surface area contributed by atoms with E-state index < -0.39 is 97.5 Å². The van der Waals surface area contributed by atoms with Crippen LogP contribution in [0.25, 0.3) is 0 Å². The fourth-order valence-corrected chi connectivity index (χ4v) is 14.4. The minimum atomic E-state index is -4.96. The molecule has 0 fully saturated rings. The van der Waals surface area contributed by atoms with Crippen molar-refractivity contribution in [3.63, 3.8) is 0 Å². The molecule has 0 aromatic rings. The summed E-state index contributed by atoms with van der Waals surface area (Å²) in [5.41, 5.74) is 0. The van der Waals surface area contributed by atoms with Gasteiger partial charge < -0.3 is 33.8 Å². The Morgan fingerprint density at radius 1 is 0.284 bits per heavy atom. The number of aliphatic hydroxyl groups excluding tert-OH is 1. The molecule has 0 aromatic heterocycles. The van der Waals surface area contributed by atoms with Crippen LogP contribution >= 0.6 is 15.6 Å². The molecule has 0 aromatic carbocycles. The van der Waals surface area contributed by atoms with Crippen LogP contribution in [0.5, 0.6) is 0 Å². The Kier molecular flexibility index (Phi) is 71.8. The molecule has 0 amide bonds. The summed E-state index contributed by atoms with van der Waals surface area (Å²) in [4.78, 5) is 72.8. The average molecular weight is 1490 g/mol. The average Bonchev–Trinajstić information content (AvgIpc) is 0.953. The van der Waals surface area contributed by atoms with Crippen LogP contribution in [0, 0.1) is 17.8 Å². The van der Waals surface area contributed by atoms with Crippen LogP contribution in [-0.4, -0.2) is 96.7 Å². The number of phosphoric ester groups is 2. The van der Waals surface area contributed by atoms with Crippen molar-refractivity contribution in [2.24, 2.45) is 17.8 Å². The van der Waals surface area contributed by atoms with Gasteiger partial charge in [-0.2, -0.15) is 0 Å². The van der Waals surface area contributed by atoms with E-state index >= 15 is 0 Å². The molecule has 3 unspecified atom stereocenters. The van der Waals surface area contributed by atoms with Crippen molar-refractivity contribution in [2.75, 3.05) is 39.6 Å². The van der Waals surface area contributed by atoms with E-state index in [1.807, 2.05) is 0 Å². The van der Waals surface area contributed by atoms with Crippen molar-refractivity contribution >= 4 is 39.5 Å². The topological polar surface area (TPSA) is 237 Å². The van der Waals surface area contributed by atoms with Gasteiger partial charge in [0.1, 0.15) is 19.3 Å². The summed E-state index contributed by atoms with van der Waals surface area (Å²) in [6.45, 7) is 12.0. The predicted octanol–water partition coefficient (Wildman–Crippen LogP) is 24.9. The third-order valence-electron chi connectivity index (χ3n) is 19.7. The molecule has 102 heavy (non-hydrogen) atoms. The zero-order valence-corrected chi connectivity index (χ0v) is 68.9. The maximum Gasteiger partial charge on any atom is 0.472 e. The fourth-order valence-electron chi connectivity index (χ4n) is 12.8. The smallest absolute Gasteiger partial charge is 0.462 e. The SMILES string of the molecule is CCCCCCCC(=O)OC[C@H](COP(=O)(O)OC[C@H](O)COP(=O)(O)OC[C@@H](COC(=O)CCCCCCCCCCCCCCCCCC(C)C)OC(=O)CCCCCCCCCCCCCCCCCCCCC(C)CC)OC(=O)CCCCCCCCCCCCCCCCC(C)C. The van der Waals surface area contributed by atoms with Gasteiger partial charge in [0, 0.05) is 25.7 Å². The predicted molar refractivity (Wildman–Crippen MR) is 418 cm³/mol. The zero-order valence-electron chi connectivity index (χ0n) is 67.1. The van der Waals surface area contributed by atoms with Gasteiger partial charge in [-0.25, -0.2) is 9.13 Å². The molecule has 6 atom stereocenters. The molecule has 0 saturated heterocycles. The van der Waals surface area contributed by atoms with Gasteiger partial charge in [0.05, 0.1) is 26.4 Å². The third-order valence-corrected chi connectivity index (χ3v) is 21.6. The Morgan fingerprint density at radius 3 is 0.745 bits per heavy atom. The first-order valence-electron chi connectivity index (χ1n) is 42.9. The summed E-state index contributed by atoms with van der Waals surface area (Å²) in [5, 5.41) is 10.6. The minimum absolute atomic E-state index is 0.107. The lowest BCUT2D eigenvalue weighted by Crippen LogP contribution is -2.30. The van der Waals surface area contributed by atoms with Crippen molar-refractivity contribution < 1.29 is 80.2 Å². The van der Waals surface area contributed by atoms with Crippen LogP contribution < -0.4 is 0 Å². The molecular formula is C83H162O17P2. The molecule has 0 bridgehead atoms. The first kappa shape index (κ1) is 100. The molecular weight excluding hydrogens is 1330 g/mol. The third kappa shape index (κ3) is 74.9. The van der Waals surface area contributed by atoms with Gasteiger partial charge >= 0.3 is 39.5 Å². The molecule has 0 saturated carbocycles. The number of esters is 4. The van der Waals surface area contributed by atoms with E-state index in [1.165, 1.54) is 238 Å². The Bertz CT molecular complexity index is 1980. The van der Waals surface area contributed by atoms with Crippen LogP contribution in [0.3, 0.4) is 0 Å². The number of unbranched alkanes of at least 4 members (excludes halogenated alkanes) is 48. The van der Waals surface area contributed by atoms with E-state index in [4.69, 9.17) is 37.0 Å². The van der Waals surface area contributed by atoms with Crippen molar-refractivity contribution in [3.8, 4) is 0 Å². The normalized spacial score (nSPS) is 14.2. The van der Waals surface area contributed by atoms with Crippen molar-refractivity contribution in [3.05, 3.63) is 0 Å². The summed E-state index contributed by atoms with van der Waals surface area (Å²) in [6.07, 6.45) is 62.9. The molecule has 17 nitrogen and oxygen atoms in total. The van der Waals surface area contributed by atoms with Crippen LogP contribution in [-0.2, 0) is 65.4 Å². The number of phosphoric acid groups is 2. The number of aliphatic hydroxyl groups is 1. The van der Waals surface area contributed by atoms with Gasteiger partial charge in [-0.15, -0.1) is 0 Å². The van der Waals surface area contributed by atoms with Crippen LogP contribution in [0.4, 0.5) is 0 Å². The number of hydrogen-bond donors (Lipinski definition) is 3. The Morgan fingerprint density at radius 2 is 0.500 bits per heavy atom.